The molecule has 0 atom stereocenters. The third kappa shape index (κ3) is 2.57. The largest absolute Gasteiger partial charge is 0.0609 e. The van der Waals surface area contributed by atoms with Gasteiger partial charge in [-0.2, -0.15) is 0 Å². The van der Waals surface area contributed by atoms with Crippen LogP contribution in [0.4, 0.5) is 0 Å². The van der Waals surface area contributed by atoms with Crippen molar-refractivity contribution in [3.8, 4) is 0 Å². The van der Waals surface area contributed by atoms with Gasteiger partial charge in [0.25, 0.3) is 0 Å². The summed E-state index contributed by atoms with van der Waals surface area (Å²) in [5.41, 5.74) is 1.49. The lowest BCUT2D eigenvalue weighted by atomic mass is 9.98. The van der Waals surface area contributed by atoms with Crippen molar-refractivity contribution in [3.05, 3.63) is 34.3 Å². The summed E-state index contributed by atoms with van der Waals surface area (Å²) in [4.78, 5) is 0. The Kier molecular flexibility index (Phi) is 3.05. The molecule has 0 unspecified atom stereocenters. The van der Waals surface area contributed by atoms with E-state index in [0.717, 1.165) is 5.92 Å². The Morgan fingerprint density at radius 2 is 2.00 bits per heavy atom. The van der Waals surface area contributed by atoms with Crippen LogP contribution in [0.5, 0.6) is 0 Å². The van der Waals surface area contributed by atoms with E-state index < -0.39 is 0 Å². The quantitative estimate of drug-likeness (QED) is 0.726. The molecule has 1 aliphatic carbocycles. The van der Waals surface area contributed by atoms with Crippen LogP contribution in [-0.4, -0.2) is 0 Å². The Balaban J connectivity index is 2.00. The van der Waals surface area contributed by atoms with Crippen LogP contribution in [-0.2, 0) is 6.42 Å². The Morgan fingerprint density at radius 1 is 1.23 bits per heavy atom. The summed E-state index contributed by atoms with van der Waals surface area (Å²) in [5, 5.41) is 0. The minimum atomic E-state index is 0.953. The van der Waals surface area contributed by atoms with Gasteiger partial charge in [0.2, 0.25) is 0 Å². The minimum Gasteiger partial charge on any atom is -0.0609 e. The molecule has 1 aromatic rings. The molecule has 0 heterocycles. The van der Waals surface area contributed by atoms with Gasteiger partial charge in [0.05, 0.1) is 0 Å². The number of hydrogen-bond donors (Lipinski definition) is 0. The fraction of sp³-hybridized carbons (Fsp3) is 0.500. The molecule has 0 amide bonds. The van der Waals surface area contributed by atoms with Crippen LogP contribution in [0.25, 0.3) is 0 Å². The summed E-state index contributed by atoms with van der Waals surface area (Å²) < 4.78 is 1.21. The highest BCUT2D eigenvalue weighted by molar-refractivity contribution is 9.10. The van der Waals surface area contributed by atoms with E-state index >= 15 is 0 Å². The lowest BCUT2D eigenvalue weighted by Gasteiger charge is -2.08. The van der Waals surface area contributed by atoms with E-state index in [9.17, 15) is 0 Å². The highest BCUT2D eigenvalue weighted by Crippen LogP contribution is 2.28. The summed E-state index contributed by atoms with van der Waals surface area (Å²) >= 11 is 3.51. The molecular formula is C12H15Br. The number of hydrogen-bond acceptors (Lipinski definition) is 0. The average Bonchev–Trinajstić information content (AvgIpc) is 2.57. The van der Waals surface area contributed by atoms with Crippen LogP contribution in [0.3, 0.4) is 0 Å². The average molecular weight is 239 g/mol. The van der Waals surface area contributed by atoms with Gasteiger partial charge >= 0.3 is 0 Å². The molecule has 13 heavy (non-hydrogen) atoms. The Bertz CT molecular complexity index is 274. The maximum atomic E-state index is 3.51. The van der Waals surface area contributed by atoms with E-state index in [0.29, 0.717) is 0 Å². The number of halogens is 1. The van der Waals surface area contributed by atoms with Crippen molar-refractivity contribution >= 4 is 15.9 Å². The molecular weight excluding hydrogens is 224 g/mol. The lowest BCUT2D eigenvalue weighted by molar-refractivity contribution is 0.546. The van der Waals surface area contributed by atoms with Crippen LogP contribution in [0, 0.1) is 5.92 Å². The zero-order chi connectivity index (χ0) is 9.10. The smallest absolute Gasteiger partial charge is 0.0177 e. The van der Waals surface area contributed by atoms with Crippen molar-refractivity contribution in [1.82, 2.24) is 0 Å². The van der Waals surface area contributed by atoms with Crippen molar-refractivity contribution in [2.75, 3.05) is 0 Å². The van der Waals surface area contributed by atoms with E-state index in [1.165, 1.54) is 42.1 Å². The Morgan fingerprint density at radius 3 is 2.69 bits per heavy atom. The van der Waals surface area contributed by atoms with Crippen LogP contribution in [0.15, 0.2) is 28.7 Å². The molecule has 0 aromatic heterocycles. The minimum absolute atomic E-state index is 0.953. The first-order valence-corrected chi connectivity index (χ1v) is 5.88. The van der Waals surface area contributed by atoms with Gasteiger partial charge in [-0.15, -0.1) is 0 Å². The highest BCUT2D eigenvalue weighted by atomic mass is 79.9. The Hall–Kier alpha value is -0.300. The third-order valence-corrected chi connectivity index (χ3v) is 3.38. The molecule has 0 saturated heterocycles. The van der Waals surface area contributed by atoms with Crippen molar-refractivity contribution in [1.29, 1.82) is 0 Å². The van der Waals surface area contributed by atoms with Crippen LogP contribution in [0.2, 0.25) is 0 Å². The van der Waals surface area contributed by atoms with Crippen molar-refractivity contribution in [2.24, 2.45) is 5.92 Å². The van der Waals surface area contributed by atoms with Crippen molar-refractivity contribution < 1.29 is 0 Å². The van der Waals surface area contributed by atoms with Crippen molar-refractivity contribution in [2.45, 2.75) is 32.1 Å². The fourth-order valence-electron chi connectivity index (χ4n) is 2.21. The predicted octanol–water partition coefficient (Wildman–Crippen LogP) is 4.18. The normalized spacial score (nSPS) is 17.9. The number of benzene rings is 1. The fourth-order valence-corrected chi connectivity index (χ4v) is 2.66. The second-order valence-corrected chi connectivity index (χ2v) is 4.90. The summed E-state index contributed by atoms with van der Waals surface area (Å²) in [6.07, 6.45) is 7.04. The molecule has 1 aromatic carbocycles. The third-order valence-electron chi connectivity index (χ3n) is 2.89. The van der Waals surface area contributed by atoms with E-state index in [4.69, 9.17) is 0 Å². The molecule has 70 valence electrons. The SMILES string of the molecule is Brc1cccc(CC2CCCC2)c1. The molecule has 1 heteroatoms. The second kappa shape index (κ2) is 4.28. The summed E-state index contributed by atoms with van der Waals surface area (Å²) in [6.45, 7) is 0. The van der Waals surface area contributed by atoms with E-state index in [2.05, 4.69) is 40.2 Å². The Labute approximate surface area is 88.5 Å². The summed E-state index contributed by atoms with van der Waals surface area (Å²) in [7, 11) is 0. The molecule has 2 rings (SSSR count). The molecule has 1 aliphatic rings. The monoisotopic (exact) mass is 238 g/mol. The van der Waals surface area contributed by atoms with Crippen LogP contribution in [0.1, 0.15) is 31.2 Å². The first-order valence-electron chi connectivity index (χ1n) is 5.09. The van der Waals surface area contributed by atoms with Gasteiger partial charge in [-0.05, 0) is 30.0 Å². The molecule has 0 radical (unpaired) electrons. The topological polar surface area (TPSA) is 0 Å². The maximum absolute atomic E-state index is 3.51. The molecule has 0 nitrogen and oxygen atoms in total. The van der Waals surface area contributed by atoms with E-state index in [1.54, 1.807) is 0 Å². The second-order valence-electron chi connectivity index (χ2n) is 3.98. The molecule has 0 aliphatic heterocycles. The van der Waals surface area contributed by atoms with Crippen LogP contribution < -0.4 is 0 Å². The molecule has 0 bridgehead atoms. The zero-order valence-electron chi connectivity index (χ0n) is 7.80. The van der Waals surface area contributed by atoms with Gasteiger partial charge < -0.3 is 0 Å². The summed E-state index contributed by atoms with van der Waals surface area (Å²) in [6, 6.07) is 8.72. The van der Waals surface area contributed by atoms with Gasteiger partial charge in [0.1, 0.15) is 0 Å². The van der Waals surface area contributed by atoms with Gasteiger partial charge in [-0.25, -0.2) is 0 Å². The molecule has 1 fully saturated rings. The number of rotatable bonds is 2. The van der Waals surface area contributed by atoms with Crippen molar-refractivity contribution in [3.63, 3.8) is 0 Å². The zero-order valence-corrected chi connectivity index (χ0v) is 9.39. The molecule has 0 spiro atoms. The standard InChI is InChI=1S/C12H15Br/c13-12-7-3-6-11(9-12)8-10-4-1-2-5-10/h3,6-7,9-10H,1-2,4-5,8H2. The molecule has 1 saturated carbocycles. The summed E-state index contributed by atoms with van der Waals surface area (Å²) in [5.74, 6) is 0.953. The lowest BCUT2D eigenvalue weighted by Crippen LogP contribution is -1.98. The first kappa shape index (κ1) is 9.26. The first-order chi connectivity index (χ1) is 6.34. The molecule has 0 N–H and O–H groups in total. The van der Waals surface area contributed by atoms with Crippen LogP contribution >= 0.6 is 15.9 Å². The maximum Gasteiger partial charge on any atom is 0.0177 e. The highest BCUT2D eigenvalue weighted by Gasteiger charge is 2.14. The van der Waals surface area contributed by atoms with E-state index in [-0.39, 0.29) is 0 Å². The van der Waals surface area contributed by atoms with E-state index in [1.807, 2.05) is 0 Å². The van der Waals surface area contributed by atoms with Gasteiger partial charge in [0, 0.05) is 4.47 Å². The predicted molar refractivity (Wildman–Crippen MR) is 59.8 cm³/mol. The van der Waals surface area contributed by atoms with Gasteiger partial charge in [-0.1, -0.05) is 53.7 Å². The van der Waals surface area contributed by atoms with Gasteiger partial charge in [0.15, 0.2) is 0 Å². The van der Waals surface area contributed by atoms with Gasteiger partial charge in [-0.3, -0.25) is 0 Å².